The minimum Gasteiger partial charge on any atom is -0.481 e. The Labute approximate surface area is 475 Å². The normalized spacial score (nSPS) is 18.1. The van der Waals surface area contributed by atoms with Gasteiger partial charge in [-0.2, -0.15) is 0 Å². The molecule has 7 atom stereocenters. The van der Waals surface area contributed by atoms with E-state index in [1.165, 1.54) is 110 Å². The number of methoxy groups -OCH3 is 1. The van der Waals surface area contributed by atoms with Gasteiger partial charge in [0.25, 0.3) is 0 Å². The number of phosphoric acid groups is 1. The van der Waals surface area contributed by atoms with Gasteiger partial charge in [0.2, 0.25) is 5.91 Å². The summed E-state index contributed by atoms with van der Waals surface area (Å²) in [6.07, 6.45) is 24.0. The maximum atomic E-state index is 15.2. The van der Waals surface area contributed by atoms with Crippen LogP contribution in [-0.2, 0) is 47.2 Å². The Hall–Kier alpha value is -4.01. The van der Waals surface area contributed by atoms with Crippen LogP contribution in [0.1, 0.15) is 245 Å². The molecular formula is C63H104NO14P. The lowest BCUT2D eigenvalue weighted by atomic mass is 9.90. The number of aliphatic carboxylic acids is 1. The first-order valence-electron chi connectivity index (χ1n) is 30.9. The van der Waals surface area contributed by atoms with Crippen molar-refractivity contribution in [2.75, 3.05) is 13.7 Å². The van der Waals surface area contributed by atoms with E-state index in [1.807, 2.05) is 0 Å². The van der Waals surface area contributed by atoms with Gasteiger partial charge in [0, 0.05) is 13.5 Å². The molecule has 0 bridgehead atoms. The molecule has 3 N–H and O–H groups in total. The van der Waals surface area contributed by atoms with Gasteiger partial charge in [-0.05, 0) is 49.9 Å². The summed E-state index contributed by atoms with van der Waals surface area (Å²) in [5.74, 6) is -2.91. The van der Waals surface area contributed by atoms with E-state index in [2.05, 4.69) is 26.1 Å². The molecule has 0 unspecified atom stereocenters. The van der Waals surface area contributed by atoms with Crippen molar-refractivity contribution in [3.63, 3.8) is 0 Å². The molecule has 0 spiro atoms. The number of esters is 2. The summed E-state index contributed by atoms with van der Waals surface area (Å²) in [6, 6.07) is 15.0. The van der Waals surface area contributed by atoms with E-state index < -0.39 is 80.7 Å². The predicted molar refractivity (Wildman–Crippen MR) is 311 cm³/mol. The standard InChI is InChI=1S/C63H104NO14P/c1-5-8-11-14-17-20-21-24-27-30-39-46-59(69)73-54(45-34-29-26-23-19-16-13-10-7-3)48-60(70)75-63-61(64-57(66)47-51(65)40-33-28-25-22-18-15-12-9-6-2)55(49-58(67)68)74-56(50-72-4)62(63)78-79(71,76-52-41-35-31-36-42-52)77-53-43-37-32-38-44-53/h31-32,35-38,41-44,51,54-56,61-63,65H,5-30,33-34,39-40,45-50H2,1-4H3,(H,64,66)(H,67,68)/t51-,54-,55-,56-,61+,62-,63-/m1/s1. The number of carbonyl (C=O) groups is 4. The second-order valence-electron chi connectivity index (χ2n) is 21.8. The van der Waals surface area contributed by atoms with Crippen molar-refractivity contribution in [2.24, 2.45) is 0 Å². The fourth-order valence-corrected chi connectivity index (χ4v) is 11.7. The van der Waals surface area contributed by atoms with Crippen LogP contribution in [0.2, 0.25) is 0 Å². The average Bonchev–Trinajstić information content (AvgIpc) is 3.46. The summed E-state index contributed by atoms with van der Waals surface area (Å²) in [5.41, 5.74) is 0. The maximum absolute atomic E-state index is 15.2. The SMILES string of the molecule is CCCCCCCCCCCCCC(=O)O[C@H](CCCCCCCCCCC)CC(=O)O[C@@H]1[C@@H](NC(=O)C[C@H](O)CCCCCCCCCCC)[C@@H](CC(=O)O)O[C@H](COC)[C@H]1OP(=O)(Oc1ccccc1)Oc1ccccc1. The number of phosphoric ester groups is 1. The lowest BCUT2D eigenvalue weighted by Crippen LogP contribution is -2.66. The lowest BCUT2D eigenvalue weighted by Gasteiger charge is -2.46. The summed E-state index contributed by atoms with van der Waals surface area (Å²) in [6.45, 7) is 6.36. The number of hydrogen-bond donors (Lipinski definition) is 3. The number of rotatable bonds is 49. The quantitative estimate of drug-likeness (QED) is 0.0321. The smallest absolute Gasteiger partial charge is 0.481 e. The van der Waals surface area contributed by atoms with E-state index in [0.717, 1.165) is 64.2 Å². The summed E-state index contributed by atoms with van der Waals surface area (Å²) >= 11 is 0. The molecule has 450 valence electrons. The van der Waals surface area contributed by atoms with E-state index in [-0.39, 0.29) is 37.4 Å². The predicted octanol–water partition coefficient (Wildman–Crippen LogP) is 15.5. The van der Waals surface area contributed by atoms with Gasteiger partial charge in [-0.3, -0.25) is 23.7 Å². The van der Waals surface area contributed by atoms with Crippen molar-refractivity contribution in [3.05, 3.63) is 60.7 Å². The number of carbonyl (C=O) groups excluding carboxylic acids is 3. The third-order valence-corrected chi connectivity index (χ3v) is 16.0. The highest BCUT2D eigenvalue weighted by atomic mass is 31.2. The molecule has 1 heterocycles. The molecule has 16 heteroatoms. The fraction of sp³-hybridized carbons (Fsp3) is 0.746. The van der Waals surface area contributed by atoms with Gasteiger partial charge in [0.1, 0.15) is 29.8 Å². The Morgan fingerprint density at radius 1 is 0.570 bits per heavy atom. The number of aliphatic hydroxyl groups is 1. The Morgan fingerprint density at radius 3 is 1.47 bits per heavy atom. The first kappa shape index (κ1) is 69.3. The Bertz CT molecular complexity index is 1880. The van der Waals surface area contributed by atoms with Gasteiger partial charge in [-0.1, -0.05) is 231 Å². The molecule has 3 rings (SSSR count). The molecule has 0 aliphatic carbocycles. The Morgan fingerprint density at radius 2 is 1.01 bits per heavy atom. The van der Waals surface area contributed by atoms with Crippen LogP contribution < -0.4 is 14.4 Å². The number of carboxylic acid groups (broad SMARTS) is 1. The Balaban J connectivity index is 1.92. The van der Waals surface area contributed by atoms with Gasteiger partial charge in [0.05, 0.1) is 44.1 Å². The third-order valence-electron chi connectivity index (χ3n) is 14.6. The molecule has 2 aromatic carbocycles. The van der Waals surface area contributed by atoms with E-state index in [9.17, 15) is 29.4 Å². The van der Waals surface area contributed by atoms with Crippen molar-refractivity contribution in [1.29, 1.82) is 0 Å². The second-order valence-corrected chi connectivity index (χ2v) is 23.3. The van der Waals surface area contributed by atoms with Crippen LogP contribution in [0, 0.1) is 0 Å². The summed E-state index contributed by atoms with van der Waals surface area (Å²) in [7, 11) is -3.42. The zero-order chi connectivity index (χ0) is 57.2. The number of amides is 1. The summed E-state index contributed by atoms with van der Waals surface area (Å²) < 4.78 is 58.0. The van der Waals surface area contributed by atoms with Crippen LogP contribution in [0.5, 0.6) is 11.5 Å². The number of carboxylic acids is 1. The van der Waals surface area contributed by atoms with Crippen LogP contribution in [0.3, 0.4) is 0 Å². The molecule has 1 amide bonds. The molecule has 1 aliphatic heterocycles. The highest BCUT2D eigenvalue weighted by Gasteiger charge is 2.54. The minimum absolute atomic E-state index is 0.124. The minimum atomic E-state index is -4.80. The number of para-hydroxylation sites is 2. The van der Waals surface area contributed by atoms with Crippen LogP contribution in [0.15, 0.2) is 60.7 Å². The number of aliphatic hydroxyl groups excluding tert-OH is 1. The molecule has 0 aromatic heterocycles. The highest BCUT2D eigenvalue weighted by molar-refractivity contribution is 7.49. The number of ether oxygens (including phenoxy) is 4. The van der Waals surface area contributed by atoms with Crippen LogP contribution in [-0.4, -0.2) is 90.4 Å². The fourth-order valence-electron chi connectivity index (χ4n) is 10.2. The van der Waals surface area contributed by atoms with Crippen molar-refractivity contribution < 1.29 is 66.5 Å². The molecule has 1 fully saturated rings. The maximum Gasteiger partial charge on any atom is 0.588 e. The second kappa shape index (κ2) is 43.7. The zero-order valence-corrected chi connectivity index (χ0v) is 49.9. The van der Waals surface area contributed by atoms with Gasteiger partial charge in [-0.15, -0.1) is 0 Å². The summed E-state index contributed by atoms with van der Waals surface area (Å²) in [4.78, 5) is 54.8. The van der Waals surface area contributed by atoms with Crippen molar-refractivity contribution in [3.8, 4) is 11.5 Å². The van der Waals surface area contributed by atoms with Crippen LogP contribution in [0.4, 0.5) is 0 Å². The van der Waals surface area contributed by atoms with Crippen LogP contribution in [0.25, 0.3) is 0 Å². The third kappa shape index (κ3) is 32.3. The average molecular weight is 1130 g/mol. The van der Waals surface area contributed by atoms with Crippen molar-refractivity contribution >= 4 is 31.6 Å². The molecule has 2 aromatic rings. The molecular weight excluding hydrogens is 1030 g/mol. The van der Waals surface area contributed by atoms with Crippen molar-refractivity contribution in [2.45, 2.75) is 288 Å². The molecule has 0 saturated carbocycles. The number of nitrogens with one attached hydrogen (secondary N) is 1. The van der Waals surface area contributed by atoms with Crippen molar-refractivity contribution in [1.82, 2.24) is 5.32 Å². The Kier molecular flexibility index (Phi) is 38.3. The molecule has 1 saturated heterocycles. The first-order valence-corrected chi connectivity index (χ1v) is 32.4. The van der Waals surface area contributed by atoms with E-state index >= 15 is 4.57 Å². The summed E-state index contributed by atoms with van der Waals surface area (Å²) in [5, 5.41) is 24.2. The van der Waals surface area contributed by atoms with Gasteiger partial charge < -0.3 is 43.5 Å². The largest absolute Gasteiger partial charge is 0.588 e. The molecule has 1 aliphatic rings. The van der Waals surface area contributed by atoms with E-state index in [0.29, 0.717) is 32.1 Å². The zero-order valence-electron chi connectivity index (χ0n) is 49.0. The first-order chi connectivity index (χ1) is 38.4. The lowest BCUT2D eigenvalue weighted by molar-refractivity contribution is -0.212. The monoisotopic (exact) mass is 1130 g/mol. The van der Waals surface area contributed by atoms with Crippen LogP contribution >= 0.6 is 7.82 Å². The van der Waals surface area contributed by atoms with Gasteiger partial charge in [0.15, 0.2) is 6.10 Å². The highest BCUT2D eigenvalue weighted by Crippen LogP contribution is 2.52. The van der Waals surface area contributed by atoms with E-state index in [1.54, 1.807) is 60.7 Å². The number of hydrogen-bond acceptors (Lipinski definition) is 13. The number of unbranched alkanes of at least 4 members (excludes halogenated alkanes) is 26. The van der Waals surface area contributed by atoms with Gasteiger partial charge in [-0.25, -0.2) is 4.57 Å². The van der Waals surface area contributed by atoms with Gasteiger partial charge >= 0.3 is 25.7 Å². The van der Waals surface area contributed by atoms with E-state index in [4.69, 9.17) is 32.5 Å². The number of benzene rings is 2. The molecule has 0 radical (unpaired) electrons. The molecule has 15 nitrogen and oxygen atoms in total. The molecule has 79 heavy (non-hydrogen) atoms. The topological polar surface area (TPSA) is 202 Å².